The molecule has 4 nitrogen and oxygen atoms in total. The molecule has 7 heteroatoms. The minimum absolute atomic E-state index is 0.378. The van der Waals surface area contributed by atoms with Gasteiger partial charge in [-0.1, -0.05) is 24.8 Å². The molecule has 1 heterocycles. The number of alkyl halides is 3. The Kier molecular flexibility index (Phi) is 8.87. The van der Waals surface area contributed by atoms with E-state index in [4.69, 9.17) is 9.57 Å². The number of nitrogens with one attached hydrogen (secondary N) is 1. The van der Waals surface area contributed by atoms with Crippen LogP contribution in [-0.4, -0.2) is 24.7 Å². The van der Waals surface area contributed by atoms with Crippen LogP contribution in [0.25, 0.3) is 0 Å². The molecule has 0 spiro atoms. The summed E-state index contributed by atoms with van der Waals surface area (Å²) in [6.45, 7) is 11.1. The van der Waals surface area contributed by atoms with Gasteiger partial charge in [-0.3, -0.25) is 4.98 Å². The number of nitrogens with zero attached hydrogens (tertiary/aromatic N) is 1. The maximum atomic E-state index is 12.6. The summed E-state index contributed by atoms with van der Waals surface area (Å²) < 4.78 is 43.6. The van der Waals surface area contributed by atoms with Crippen molar-refractivity contribution in [1.82, 2.24) is 10.5 Å². The van der Waals surface area contributed by atoms with E-state index in [0.29, 0.717) is 26.2 Å². The van der Waals surface area contributed by atoms with Gasteiger partial charge >= 0.3 is 6.18 Å². The zero-order valence-corrected chi connectivity index (χ0v) is 17.7. The van der Waals surface area contributed by atoms with E-state index >= 15 is 0 Å². The van der Waals surface area contributed by atoms with Crippen LogP contribution in [0.4, 0.5) is 13.2 Å². The first-order valence-corrected chi connectivity index (χ1v) is 9.95. The first kappa shape index (κ1) is 23.9. The Bertz CT molecular complexity index is 834. The lowest BCUT2D eigenvalue weighted by Crippen LogP contribution is -2.18. The number of ether oxygens (including phenoxy) is 1. The number of halogens is 3. The molecule has 0 bridgehead atoms. The maximum Gasteiger partial charge on any atom is 0.416 e. The molecule has 0 aliphatic heterocycles. The third-order valence-corrected chi connectivity index (χ3v) is 4.86. The normalized spacial score (nSPS) is 11.5. The van der Waals surface area contributed by atoms with Gasteiger partial charge in [0.05, 0.1) is 12.2 Å². The van der Waals surface area contributed by atoms with E-state index in [2.05, 4.69) is 17.0 Å². The van der Waals surface area contributed by atoms with Gasteiger partial charge in [-0.05, 0) is 57.7 Å². The molecule has 164 valence electrons. The summed E-state index contributed by atoms with van der Waals surface area (Å²) in [5.41, 5.74) is 7.11. The Balaban J connectivity index is 1.75. The Morgan fingerprint density at radius 1 is 1.07 bits per heavy atom. The van der Waals surface area contributed by atoms with Crippen molar-refractivity contribution in [2.75, 3.05) is 19.8 Å². The van der Waals surface area contributed by atoms with Gasteiger partial charge in [0.15, 0.2) is 0 Å². The zero-order valence-electron chi connectivity index (χ0n) is 17.7. The molecule has 1 aromatic carbocycles. The molecule has 30 heavy (non-hydrogen) atoms. The molecule has 0 unspecified atom stereocenters. The molecule has 0 aliphatic rings. The van der Waals surface area contributed by atoms with Crippen LogP contribution in [0.1, 0.15) is 40.1 Å². The molecule has 0 amide bonds. The Morgan fingerprint density at radius 2 is 1.77 bits per heavy atom. The summed E-state index contributed by atoms with van der Waals surface area (Å²) in [4.78, 5) is 10.0. The van der Waals surface area contributed by atoms with Crippen molar-refractivity contribution in [2.45, 2.75) is 46.2 Å². The van der Waals surface area contributed by atoms with E-state index in [1.54, 1.807) is 6.08 Å². The maximum absolute atomic E-state index is 12.6. The van der Waals surface area contributed by atoms with E-state index in [0.717, 1.165) is 58.8 Å². The fraction of sp³-hybridized carbons (Fsp3) is 0.435. The van der Waals surface area contributed by atoms with Crippen molar-refractivity contribution in [1.29, 1.82) is 0 Å². The van der Waals surface area contributed by atoms with Crippen LogP contribution in [0.3, 0.4) is 0 Å². The molecule has 0 aliphatic carbocycles. The topological polar surface area (TPSA) is 43.4 Å². The van der Waals surface area contributed by atoms with Gasteiger partial charge in [0.2, 0.25) is 0 Å². The van der Waals surface area contributed by atoms with Gasteiger partial charge in [-0.25, -0.2) is 5.48 Å². The molecule has 0 fully saturated rings. The lowest BCUT2D eigenvalue weighted by molar-refractivity contribution is -0.137. The lowest BCUT2D eigenvalue weighted by Gasteiger charge is -2.17. The van der Waals surface area contributed by atoms with E-state index in [1.807, 2.05) is 20.8 Å². The van der Waals surface area contributed by atoms with Crippen molar-refractivity contribution in [2.24, 2.45) is 0 Å². The number of aromatic nitrogens is 1. The summed E-state index contributed by atoms with van der Waals surface area (Å²) >= 11 is 0. The second kappa shape index (κ2) is 11.1. The van der Waals surface area contributed by atoms with Crippen LogP contribution in [0.5, 0.6) is 5.75 Å². The minimum Gasteiger partial charge on any atom is -0.489 e. The van der Waals surface area contributed by atoms with E-state index < -0.39 is 11.7 Å². The average Bonchev–Trinajstić information content (AvgIpc) is 2.70. The van der Waals surface area contributed by atoms with E-state index in [-0.39, 0.29) is 0 Å². The molecule has 0 atom stereocenters. The number of hydrogen-bond acceptors (Lipinski definition) is 4. The monoisotopic (exact) mass is 422 g/mol. The fourth-order valence-corrected chi connectivity index (χ4v) is 3.10. The summed E-state index contributed by atoms with van der Waals surface area (Å²) in [5, 5.41) is 0. The van der Waals surface area contributed by atoms with Gasteiger partial charge in [-0.15, -0.1) is 0 Å². The second-order valence-corrected chi connectivity index (χ2v) is 7.11. The number of benzene rings is 1. The third kappa shape index (κ3) is 6.85. The summed E-state index contributed by atoms with van der Waals surface area (Å²) in [6, 6.07) is 5.14. The van der Waals surface area contributed by atoms with Crippen molar-refractivity contribution < 1.29 is 22.7 Å². The Labute approximate surface area is 176 Å². The number of hydrogen-bond donors (Lipinski definition) is 1. The highest BCUT2D eigenvalue weighted by atomic mass is 19.4. The van der Waals surface area contributed by atoms with Crippen LogP contribution in [-0.2, 0) is 23.9 Å². The first-order chi connectivity index (χ1) is 14.2. The lowest BCUT2D eigenvalue weighted by atomic mass is 10.0. The highest BCUT2D eigenvalue weighted by Gasteiger charge is 2.29. The van der Waals surface area contributed by atoms with Crippen LogP contribution >= 0.6 is 0 Å². The fourth-order valence-electron chi connectivity index (χ4n) is 3.10. The highest BCUT2D eigenvalue weighted by molar-refractivity contribution is 5.45. The summed E-state index contributed by atoms with van der Waals surface area (Å²) in [5.74, 6) is 0.878. The van der Waals surface area contributed by atoms with Gasteiger partial charge < -0.3 is 9.57 Å². The van der Waals surface area contributed by atoms with Crippen LogP contribution in [0.15, 0.2) is 36.9 Å². The van der Waals surface area contributed by atoms with Gasteiger partial charge in [-0.2, -0.15) is 13.2 Å². The quantitative estimate of drug-likeness (QED) is 0.304. The van der Waals surface area contributed by atoms with Crippen molar-refractivity contribution in [3.8, 4) is 5.75 Å². The molecular weight excluding hydrogens is 393 g/mol. The van der Waals surface area contributed by atoms with Crippen molar-refractivity contribution in [3.63, 3.8) is 0 Å². The summed E-state index contributed by atoms with van der Waals surface area (Å²) in [6.07, 6.45) is -0.431. The second-order valence-electron chi connectivity index (χ2n) is 7.11. The van der Waals surface area contributed by atoms with Crippen molar-refractivity contribution in [3.05, 3.63) is 70.6 Å². The molecule has 2 rings (SSSR count). The van der Waals surface area contributed by atoms with Gasteiger partial charge in [0.1, 0.15) is 12.4 Å². The average molecular weight is 422 g/mol. The Morgan fingerprint density at radius 3 is 2.40 bits per heavy atom. The SMILES string of the molecule is C=CCOc1c(C)c(C)nc(C)c1CCCNOCCc1ccc(C(F)(F)F)cc1. The zero-order chi connectivity index (χ0) is 22.1. The first-order valence-electron chi connectivity index (χ1n) is 9.95. The molecule has 2 aromatic rings. The minimum atomic E-state index is -4.31. The van der Waals surface area contributed by atoms with Gasteiger partial charge in [0.25, 0.3) is 0 Å². The van der Waals surface area contributed by atoms with Crippen LogP contribution in [0, 0.1) is 20.8 Å². The highest BCUT2D eigenvalue weighted by Crippen LogP contribution is 2.30. The predicted octanol–water partition coefficient (Wildman–Crippen LogP) is 5.29. The number of pyridine rings is 1. The molecule has 0 saturated heterocycles. The molecule has 1 N–H and O–H groups in total. The van der Waals surface area contributed by atoms with Crippen LogP contribution < -0.4 is 10.2 Å². The third-order valence-electron chi connectivity index (χ3n) is 4.86. The standard InChI is InChI=1S/C23H29F3N2O2/c1-5-14-29-22-16(2)17(3)28-18(4)21(22)7-6-13-27-30-15-12-19-8-10-20(11-9-19)23(24,25)26/h5,8-11,27H,1,6-7,12-15H2,2-4H3. The summed E-state index contributed by atoms with van der Waals surface area (Å²) in [7, 11) is 0. The molecule has 1 aromatic heterocycles. The number of aryl methyl sites for hydroxylation is 2. The number of hydroxylamine groups is 1. The molecule has 0 radical (unpaired) electrons. The smallest absolute Gasteiger partial charge is 0.416 e. The van der Waals surface area contributed by atoms with Crippen LogP contribution in [0.2, 0.25) is 0 Å². The van der Waals surface area contributed by atoms with Crippen molar-refractivity contribution >= 4 is 0 Å². The van der Waals surface area contributed by atoms with E-state index in [9.17, 15) is 13.2 Å². The largest absolute Gasteiger partial charge is 0.489 e. The predicted molar refractivity (Wildman–Crippen MR) is 112 cm³/mol. The Hall–Kier alpha value is -2.38. The molecule has 0 saturated carbocycles. The van der Waals surface area contributed by atoms with Gasteiger partial charge in [0, 0.05) is 29.1 Å². The molecular formula is C23H29F3N2O2. The number of rotatable bonds is 11. The van der Waals surface area contributed by atoms with E-state index in [1.165, 1.54) is 12.1 Å².